The second kappa shape index (κ2) is 7.55. The Bertz CT molecular complexity index is 971. The number of nitrogens with zero attached hydrogens (tertiary/aromatic N) is 2. The van der Waals surface area contributed by atoms with Crippen molar-refractivity contribution in [1.82, 2.24) is 4.90 Å². The van der Waals surface area contributed by atoms with Crippen molar-refractivity contribution < 1.29 is 9.53 Å². The number of hydrogen-bond donors (Lipinski definition) is 0. The van der Waals surface area contributed by atoms with E-state index in [0.717, 1.165) is 6.42 Å². The average molecular weight is 395 g/mol. The summed E-state index contributed by atoms with van der Waals surface area (Å²) in [5.41, 5.74) is 1.80. The number of benzene rings is 1. The fraction of sp³-hybridized carbons (Fsp3) is 0.238. The molecule has 2 unspecified atom stereocenters. The molecule has 3 aromatic rings. The van der Waals surface area contributed by atoms with E-state index >= 15 is 0 Å². The minimum atomic E-state index is -0.597. The van der Waals surface area contributed by atoms with Gasteiger partial charge in [0.2, 0.25) is 0 Å². The summed E-state index contributed by atoms with van der Waals surface area (Å²) in [5, 5.41) is 13.1. The number of amides is 1. The number of thiophene rings is 2. The molecule has 1 amide bonds. The van der Waals surface area contributed by atoms with Gasteiger partial charge in [-0.05, 0) is 66.1 Å². The quantitative estimate of drug-likeness (QED) is 0.649. The number of fused-ring (bicyclic) bond motifs is 1. The van der Waals surface area contributed by atoms with E-state index in [1.807, 2.05) is 11.0 Å². The molecule has 0 aliphatic carbocycles. The van der Waals surface area contributed by atoms with Gasteiger partial charge in [-0.25, -0.2) is 0 Å². The van der Waals surface area contributed by atoms with E-state index in [1.54, 1.807) is 53.9 Å². The number of ether oxygens (including phenoxy) is 1. The minimum absolute atomic E-state index is 0.0189. The summed E-state index contributed by atoms with van der Waals surface area (Å²) >= 11 is 3.44. The van der Waals surface area contributed by atoms with Crippen LogP contribution in [0.25, 0.3) is 0 Å². The molecule has 3 heterocycles. The Morgan fingerprint density at radius 2 is 2.04 bits per heavy atom. The van der Waals surface area contributed by atoms with E-state index < -0.39 is 6.10 Å². The first-order chi connectivity index (χ1) is 13.2. The average Bonchev–Trinajstić information content (AvgIpc) is 3.39. The molecule has 2 atom stereocenters. The summed E-state index contributed by atoms with van der Waals surface area (Å²) in [4.78, 5) is 17.7. The molecular weight excluding hydrogens is 376 g/mol. The van der Waals surface area contributed by atoms with Gasteiger partial charge < -0.3 is 9.64 Å². The van der Waals surface area contributed by atoms with Gasteiger partial charge >= 0.3 is 0 Å². The van der Waals surface area contributed by atoms with E-state index in [-0.39, 0.29) is 11.9 Å². The molecule has 0 radical (unpaired) electrons. The predicted octanol–water partition coefficient (Wildman–Crippen LogP) is 4.62. The number of carbonyl (C=O) groups excluding carboxylic acids is 1. The molecular formula is C21H18N2O2S2. The highest BCUT2D eigenvalue weighted by atomic mass is 32.1. The molecule has 0 bridgehead atoms. The molecule has 6 heteroatoms. The summed E-state index contributed by atoms with van der Waals surface area (Å²) in [7, 11) is 0. The van der Waals surface area contributed by atoms with Gasteiger partial charge in [-0.2, -0.15) is 5.26 Å². The van der Waals surface area contributed by atoms with Crippen molar-refractivity contribution >= 4 is 28.6 Å². The third-order valence-electron chi connectivity index (χ3n) is 4.71. The Balaban J connectivity index is 1.57. The van der Waals surface area contributed by atoms with E-state index in [9.17, 15) is 4.79 Å². The zero-order chi connectivity index (χ0) is 18.8. The largest absolute Gasteiger partial charge is 0.481 e. The number of carbonyl (C=O) groups is 1. The van der Waals surface area contributed by atoms with Crippen molar-refractivity contribution in [1.29, 1.82) is 5.26 Å². The lowest BCUT2D eigenvalue weighted by Crippen LogP contribution is -2.45. The second-order valence-corrected chi connectivity index (χ2v) is 8.37. The number of hydrogen-bond acceptors (Lipinski definition) is 5. The normalized spacial score (nSPS) is 17.0. The first kappa shape index (κ1) is 17.8. The van der Waals surface area contributed by atoms with E-state index in [4.69, 9.17) is 10.00 Å². The van der Waals surface area contributed by atoms with Crippen LogP contribution in [0.3, 0.4) is 0 Å². The van der Waals surface area contributed by atoms with Crippen LogP contribution in [-0.4, -0.2) is 23.5 Å². The van der Waals surface area contributed by atoms with Crippen molar-refractivity contribution in [3.63, 3.8) is 0 Å². The summed E-state index contributed by atoms with van der Waals surface area (Å²) in [6.07, 6.45) is 0.282. The van der Waals surface area contributed by atoms with Gasteiger partial charge in [-0.3, -0.25) is 4.79 Å². The van der Waals surface area contributed by atoms with Crippen molar-refractivity contribution in [3.05, 3.63) is 74.1 Å². The van der Waals surface area contributed by atoms with Crippen LogP contribution >= 0.6 is 22.7 Å². The van der Waals surface area contributed by atoms with Gasteiger partial charge in [0.1, 0.15) is 5.75 Å². The van der Waals surface area contributed by atoms with E-state index in [1.165, 1.54) is 15.3 Å². The van der Waals surface area contributed by atoms with Gasteiger partial charge in [0.25, 0.3) is 5.91 Å². The van der Waals surface area contributed by atoms with Crippen LogP contribution in [0.1, 0.15) is 33.8 Å². The van der Waals surface area contributed by atoms with E-state index in [2.05, 4.69) is 29.0 Å². The SMILES string of the molecule is CC(Oc1ccc(C#N)cc1)C(=O)N1CCc2sccc2C1c1cccs1. The predicted molar refractivity (Wildman–Crippen MR) is 107 cm³/mol. The summed E-state index contributed by atoms with van der Waals surface area (Å²) < 4.78 is 5.87. The Morgan fingerprint density at radius 1 is 1.22 bits per heavy atom. The summed E-state index contributed by atoms with van der Waals surface area (Å²) in [6.45, 7) is 2.48. The Morgan fingerprint density at radius 3 is 2.74 bits per heavy atom. The Hall–Kier alpha value is -2.62. The maximum atomic E-state index is 13.2. The van der Waals surface area contributed by atoms with Crippen molar-refractivity contribution in [2.24, 2.45) is 0 Å². The van der Waals surface area contributed by atoms with Crippen LogP contribution in [0, 0.1) is 11.3 Å². The van der Waals surface area contributed by atoms with Gasteiger partial charge in [0.05, 0.1) is 17.7 Å². The van der Waals surface area contributed by atoms with Gasteiger partial charge in [0.15, 0.2) is 6.10 Å². The number of rotatable bonds is 4. The summed E-state index contributed by atoms with van der Waals surface area (Å²) in [6, 6.07) is 15.1. The molecule has 1 aromatic carbocycles. The van der Waals surface area contributed by atoms with Crippen LogP contribution in [0.5, 0.6) is 5.75 Å². The highest BCUT2D eigenvalue weighted by Gasteiger charge is 2.35. The van der Waals surface area contributed by atoms with E-state index in [0.29, 0.717) is 17.9 Å². The molecule has 0 N–H and O–H groups in total. The molecule has 2 aromatic heterocycles. The molecule has 0 saturated heterocycles. The molecule has 0 saturated carbocycles. The zero-order valence-corrected chi connectivity index (χ0v) is 16.4. The highest BCUT2D eigenvalue weighted by molar-refractivity contribution is 7.10. The highest BCUT2D eigenvalue weighted by Crippen LogP contribution is 2.39. The van der Waals surface area contributed by atoms with Crippen LogP contribution in [0.4, 0.5) is 0 Å². The fourth-order valence-electron chi connectivity index (χ4n) is 3.40. The molecule has 0 spiro atoms. The van der Waals surface area contributed by atoms with Crippen LogP contribution in [0.2, 0.25) is 0 Å². The Kier molecular flexibility index (Phi) is 4.97. The smallest absolute Gasteiger partial charge is 0.264 e. The van der Waals surface area contributed by atoms with Gasteiger partial charge in [-0.1, -0.05) is 6.07 Å². The zero-order valence-electron chi connectivity index (χ0n) is 14.8. The van der Waals surface area contributed by atoms with Crippen molar-refractivity contribution in [2.45, 2.75) is 25.5 Å². The lowest BCUT2D eigenvalue weighted by molar-refractivity contribution is -0.140. The number of nitriles is 1. The lowest BCUT2D eigenvalue weighted by atomic mass is 9.98. The third kappa shape index (κ3) is 3.48. The molecule has 1 aliphatic heterocycles. The van der Waals surface area contributed by atoms with Crippen molar-refractivity contribution in [3.8, 4) is 11.8 Å². The molecule has 4 rings (SSSR count). The topological polar surface area (TPSA) is 53.3 Å². The van der Waals surface area contributed by atoms with Gasteiger partial charge in [0, 0.05) is 16.3 Å². The van der Waals surface area contributed by atoms with Crippen LogP contribution in [0.15, 0.2) is 53.2 Å². The molecule has 0 fully saturated rings. The Labute approximate surface area is 166 Å². The van der Waals surface area contributed by atoms with Gasteiger partial charge in [-0.15, -0.1) is 22.7 Å². The van der Waals surface area contributed by atoms with Crippen molar-refractivity contribution in [2.75, 3.05) is 6.54 Å². The van der Waals surface area contributed by atoms with Crippen LogP contribution in [-0.2, 0) is 11.2 Å². The fourth-order valence-corrected chi connectivity index (χ4v) is 5.16. The molecule has 136 valence electrons. The lowest BCUT2D eigenvalue weighted by Gasteiger charge is -2.36. The maximum Gasteiger partial charge on any atom is 0.264 e. The molecule has 27 heavy (non-hydrogen) atoms. The molecule has 1 aliphatic rings. The van der Waals surface area contributed by atoms with Crippen LogP contribution < -0.4 is 4.74 Å². The minimum Gasteiger partial charge on any atom is -0.481 e. The maximum absolute atomic E-state index is 13.2. The monoisotopic (exact) mass is 394 g/mol. The first-order valence-corrected chi connectivity index (χ1v) is 10.5. The second-order valence-electron chi connectivity index (χ2n) is 6.39. The third-order valence-corrected chi connectivity index (χ3v) is 6.63. The first-order valence-electron chi connectivity index (χ1n) is 8.74. The standard InChI is InChI=1S/C21H18N2O2S2/c1-14(25-16-6-4-15(13-22)5-7-16)21(24)23-10-8-18-17(9-12-27-18)20(23)19-3-2-11-26-19/h2-7,9,11-12,14,20H,8,10H2,1H3. The molecule has 4 nitrogen and oxygen atoms in total. The summed E-state index contributed by atoms with van der Waals surface area (Å²) in [5.74, 6) is 0.574.